The molecule has 1 aliphatic heterocycles. The molecule has 0 aliphatic carbocycles. The fourth-order valence-corrected chi connectivity index (χ4v) is 8.26. The van der Waals surface area contributed by atoms with Gasteiger partial charge in [-0.15, -0.1) is 11.3 Å². The quantitative estimate of drug-likeness (QED) is 0.0635. The van der Waals surface area contributed by atoms with Gasteiger partial charge in [0.05, 0.1) is 39.3 Å². The lowest BCUT2D eigenvalue weighted by molar-refractivity contribution is -0.118. The van der Waals surface area contributed by atoms with E-state index in [1.807, 2.05) is 0 Å². The molecule has 0 saturated heterocycles. The van der Waals surface area contributed by atoms with Gasteiger partial charge in [0, 0.05) is 22.9 Å². The molecule has 3 aromatic carbocycles. The van der Waals surface area contributed by atoms with Crippen LogP contribution in [0.1, 0.15) is 20.7 Å². The van der Waals surface area contributed by atoms with Crippen molar-refractivity contribution in [3.8, 4) is 5.75 Å². The smallest absolute Gasteiger partial charge is 0.267 e. The maximum Gasteiger partial charge on any atom is 0.267 e. The summed E-state index contributed by atoms with van der Waals surface area (Å²) in [6, 6.07) is 12.2. The highest BCUT2D eigenvalue weighted by Gasteiger charge is 2.42. The van der Waals surface area contributed by atoms with Crippen LogP contribution in [0, 0.1) is 0 Å². The van der Waals surface area contributed by atoms with Crippen LogP contribution in [0.3, 0.4) is 0 Å². The zero-order valence-corrected chi connectivity index (χ0v) is 28.1. The summed E-state index contributed by atoms with van der Waals surface area (Å²) >= 11 is 22.3. The van der Waals surface area contributed by atoms with E-state index in [0.29, 0.717) is 57.4 Å². The molecule has 7 nitrogen and oxygen atoms in total. The molecular formula is C25H14Br4ClN3O4S2. The number of imide groups is 1. The van der Waals surface area contributed by atoms with Crippen molar-refractivity contribution < 1.29 is 19.1 Å². The number of rotatable bonds is 8. The highest BCUT2D eigenvalue weighted by Crippen LogP contribution is 2.46. The number of hydrogen-bond donors (Lipinski definition) is 1. The summed E-state index contributed by atoms with van der Waals surface area (Å²) in [5, 5.41) is 3.45. The number of benzene rings is 3. The van der Waals surface area contributed by atoms with Crippen molar-refractivity contribution in [2.24, 2.45) is 0 Å². The van der Waals surface area contributed by atoms with Crippen molar-refractivity contribution in [1.82, 2.24) is 10.3 Å². The first-order chi connectivity index (χ1) is 18.7. The number of hydrogen-bond acceptors (Lipinski definition) is 7. The predicted molar refractivity (Wildman–Crippen MR) is 169 cm³/mol. The normalized spacial score (nSPS) is 12.8. The van der Waals surface area contributed by atoms with Crippen LogP contribution >= 0.6 is 98.4 Å². The largest absolute Gasteiger partial charge is 0.492 e. The van der Waals surface area contributed by atoms with E-state index in [2.05, 4.69) is 74.0 Å². The molecule has 0 unspecified atom stereocenters. The van der Waals surface area contributed by atoms with Gasteiger partial charge in [-0.25, -0.2) is 9.88 Å². The van der Waals surface area contributed by atoms with Crippen LogP contribution in [-0.4, -0.2) is 41.6 Å². The van der Waals surface area contributed by atoms with Crippen LogP contribution in [0.4, 0.5) is 5.69 Å². The maximum atomic E-state index is 13.3. The van der Waals surface area contributed by atoms with Gasteiger partial charge < -0.3 is 10.1 Å². The first-order valence-electron chi connectivity index (χ1n) is 11.1. The van der Waals surface area contributed by atoms with Crippen molar-refractivity contribution in [2.75, 3.05) is 23.8 Å². The molecule has 4 aromatic rings. The summed E-state index contributed by atoms with van der Waals surface area (Å²) in [4.78, 5) is 44.6. The molecule has 1 aliphatic rings. The molecule has 200 valence electrons. The molecule has 5 rings (SSSR count). The highest BCUT2D eigenvalue weighted by atomic mass is 79.9. The summed E-state index contributed by atoms with van der Waals surface area (Å²) < 4.78 is 9.34. The van der Waals surface area contributed by atoms with E-state index >= 15 is 0 Å². The molecule has 14 heteroatoms. The van der Waals surface area contributed by atoms with Crippen molar-refractivity contribution in [2.45, 2.75) is 4.34 Å². The van der Waals surface area contributed by atoms with E-state index in [1.54, 1.807) is 42.5 Å². The number of carbonyl (C=O) groups excluding carboxylic acids is 3. The van der Waals surface area contributed by atoms with E-state index in [1.165, 1.54) is 23.1 Å². The van der Waals surface area contributed by atoms with Crippen molar-refractivity contribution >= 4 is 132 Å². The first-order valence-corrected chi connectivity index (χ1v) is 16.4. The number of fused-ring (bicyclic) bond motifs is 2. The topological polar surface area (TPSA) is 88.6 Å². The Morgan fingerprint density at radius 3 is 2.26 bits per heavy atom. The summed E-state index contributed by atoms with van der Waals surface area (Å²) in [5.74, 6) is -0.118. The second kappa shape index (κ2) is 12.2. The number of nitrogens with zero attached hydrogens (tertiary/aromatic N) is 2. The van der Waals surface area contributed by atoms with E-state index in [4.69, 9.17) is 16.3 Å². The third kappa shape index (κ3) is 5.95. The number of carbonyl (C=O) groups is 3. The third-order valence-corrected chi connectivity index (χ3v) is 12.7. The number of aromatic nitrogens is 1. The van der Waals surface area contributed by atoms with Gasteiger partial charge in [0.1, 0.15) is 12.4 Å². The lowest BCUT2D eigenvalue weighted by atomic mass is 10.1. The Labute approximate surface area is 269 Å². The molecular weight excluding hydrogens is 825 g/mol. The Balaban J connectivity index is 1.22. The Morgan fingerprint density at radius 1 is 0.974 bits per heavy atom. The van der Waals surface area contributed by atoms with Crippen LogP contribution in [-0.2, 0) is 4.79 Å². The van der Waals surface area contributed by atoms with Gasteiger partial charge in [-0.3, -0.25) is 14.4 Å². The van der Waals surface area contributed by atoms with Gasteiger partial charge in [0.25, 0.3) is 11.8 Å². The fraction of sp³-hybridized carbons (Fsp3) is 0.120. The van der Waals surface area contributed by atoms with Crippen molar-refractivity contribution in [3.63, 3.8) is 0 Å². The summed E-state index contributed by atoms with van der Waals surface area (Å²) in [7, 11) is 0. The lowest BCUT2D eigenvalue weighted by Gasteiger charge is -2.13. The summed E-state index contributed by atoms with van der Waals surface area (Å²) in [5.41, 5.74) is 1.73. The van der Waals surface area contributed by atoms with Gasteiger partial charge in [-0.1, -0.05) is 23.4 Å². The summed E-state index contributed by atoms with van der Waals surface area (Å²) in [6.45, 7) is 0.700. The molecule has 0 atom stereocenters. The van der Waals surface area contributed by atoms with Crippen LogP contribution < -0.4 is 15.0 Å². The predicted octanol–water partition coefficient (Wildman–Crippen LogP) is 8.09. The molecule has 0 spiro atoms. The van der Waals surface area contributed by atoms with Crippen molar-refractivity contribution in [1.29, 1.82) is 0 Å². The molecule has 3 amide bonds. The van der Waals surface area contributed by atoms with Crippen LogP contribution in [0.25, 0.3) is 10.2 Å². The lowest BCUT2D eigenvalue weighted by Crippen LogP contribution is -2.29. The highest BCUT2D eigenvalue weighted by molar-refractivity contribution is 9.15. The zero-order valence-electron chi connectivity index (χ0n) is 19.4. The zero-order chi connectivity index (χ0) is 27.8. The second-order valence-electron chi connectivity index (χ2n) is 8.02. The third-order valence-electron chi connectivity index (χ3n) is 5.54. The average Bonchev–Trinajstić information content (AvgIpc) is 3.45. The van der Waals surface area contributed by atoms with Gasteiger partial charge in [0.15, 0.2) is 4.34 Å². The Morgan fingerprint density at radius 2 is 1.62 bits per heavy atom. The maximum absolute atomic E-state index is 13.3. The number of thiazole rings is 1. The average molecular weight is 840 g/mol. The van der Waals surface area contributed by atoms with E-state index in [0.717, 1.165) is 9.60 Å². The minimum Gasteiger partial charge on any atom is -0.492 e. The SMILES string of the molecule is O=C(CSc1nc2ccc(N3C(=O)c4c(Br)c(Br)c(Br)c(Br)c4C3=O)cc2s1)NCCOc1ccc(Cl)cc1. The number of ether oxygens (including phenoxy) is 1. The first kappa shape index (κ1) is 29.0. The van der Waals surface area contributed by atoms with Gasteiger partial charge in [-0.2, -0.15) is 0 Å². The van der Waals surface area contributed by atoms with Crippen LogP contribution in [0.15, 0.2) is 64.7 Å². The van der Waals surface area contributed by atoms with E-state index in [-0.39, 0.29) is 22.8 Å². The molecule has 0 radical (unpaired) electrons. The molecule has 1 N–H and O–H groups in total. The Bertz CT molecular complexity index is 1600. The number of anilines is 1. The van der Waals surface area contributed by atoms with Gasteiger partial charge in [0.2, 0.25) is 5.91 Å². The molecule has 39 heavy (non-hydrogen) atoms. The number of amides is 3. The Hall–Kier alpha value is -1.48. The monoisotopic (exact) mass is 835 g/mol. The van der Waals surface area contributed by atoms with Crippen LogP contribution in [0.5, 0.6) is 5.75 Å². The van der Waals surface area contributed by atoms with Gasteiger partial charge in [-0.05, 0) is 106 Å². The van der Waals surface area contributed by atoms with E-state index in [9.17, 15) is 14.4 Å². The Kier molecular flexibility index (Phi) is 9.06. The van der Waals surface area contributed by atoms with Gasteiger partial charge >= 0.3 is 0 Å². The molecule has 2 heterocycles. The minimum absolute atomic E-state index is 0.140. The molecule has 0 fully saturated rings. The molecule has 1 aromatic heterocycles. The summed E-state index contributed by atoms with van der Waals surface area (Å²) in [6.07, 6.45) is 0. The van der Waals surface area contributed by atoms with Crippen molar-refractivity contribution in [3.05, 3.63) is 76.5 Å². The molecule has 0 bridgehead atoms. The second-order valence-corrected chi connectivity index (χ2v) is 13.9. The minimum atomic E-state index is -0.425. The number of thioether (sulfide) groups is 1. The van der Waals surface area contributed by atoms with E-state index < -0.39 is 11.8 Å². The fourth-order valence-electron chi connectivity index (χ4n) is 3.75. The standard InChI is InChI=1S/C25H14Br4ClN3O4S2/c26-19-17-18(20(27)22(29)21(19)28)24(36)33(23(17)35)12-3-6-14-15(9-12)39-25(32-14)38-10-16(34)31-7-8-37-13-4-1-11(30)2-5-13/h1-6,9H,7-8,10H2,(H,31,34). The number of nitrogens with one attached hydrogen (secondary N) is 1. The number of halogens is 5. The van der Waals surface area contributed by atoms with Crippen LogP contribution in [0.2, 0.25) is 5.02 Å². The molecule has 0 saturated carbocycles.